The minimum atomic E-state index is -0.386. The molecule has 0 aliphatic heterocycles. The van der Waals surface area contributed by atoms with Crippen molar-refractivity contribution in [2.45, 2.75) is 44.6 Å². The van der Waals surface area contributed by atoms with Crippen LogP contribution in [0.15, 0.2) is 0 Å². The molecular formula is C11H20N2O. The van der Waals surface area contributed by atoms with Crippen molar-refractivity contribution in [1.29, 1.82) is 0 Å². The molecule has 2 aliphatic rings. The molecule has 2 rings (SSSR count). The first-order valence-corrected chi connectivity index (χ1v) is 5.74. The summed E-state index contributed by atoms with van der Waals surface area (Å²) in [4.78, 5) is 11.5. The van der Waals surface area contributed by atoms with Crippen LogP contribution in [0.25, 0.3) is 0 Å². The van der Waals surface area contributed by atoms with Gasteiger partial charge in [0, 0.05) is 0 Å². The van der Waals surface area contributed by atoms with Gasteiger partial charge in [0.1, 0.15) is 5.54 Å². The predicted octanol–water partition coefficient (Wildman–Crippen LogP) is 1.03. The van der Waals surface area contributed by atoms with Crippen LogP contribution in [0, 0.1) is 11.8 Å². The van der Waals surface area contributed by atoms with Crippen molar-refractivity contribution < 1.29 is 4.79 Å². The Bertz CT molecular complexity index is 233. The van der Waals surface area contributed by atoms with E-state index in [0.717, 1.165) is 31.7 Å². The maximum absolute atomic E-state index is 11.5. The number of amides is 1. The topological polar surface area (TPSA) is 55.1 Å². The smallest absolute Gasteiger partial charge is 0.238 e. The Morgan fingerprint density at radius 3 is 2.43 bits per heavy atom. The molecule has 0 aromatic carbocycles. The summed E-state index contributed by atoms with van der Waals surface area (Å²) >= 11 is 0. The van der Waals surface area contributed by atoms with Gasteiger partial charge in [-0.25, -0.2) is 0 Å². The second-order valence-corrected chi connectivity index (χ2v) is 4.79. The second-order valence-electron chi connectivity index (χ2n) is 4.79. The van der Waals surface area contributed by atoms with Crippen molar-refractivity contribution in [3.63, 3.8) is 0 Å². The van der Waals surface area contributed by atoms with E-state index in [0.29, 0.717) is 5.92 Å². The van der Waals surface area contributed by atoms with Crippen molar-refractivity contribution in [3.05, 3.63) is 0 Å². The first kappa shape index (κ1) is 9.97. The highest BCUT2D eigenvalue weighted by atomic mass is 16.1. The zero-order valence-corrected chi connectivity index (χ0v) is 8.88. The number of hydrogen-bond donors (Lipinski definition) is 2. The standard InChI is InChI=1S/C11H20N2O/c1-2-11(10(12)14,9-5-6-9)13-7-8-3-4-8/h8-9,13H,2-7H2,1H3,(H2,12,14). The molecule has 2 aliphatic carbocycles. The van der Waals surface area contributed by atoms with Crippen molar-refractivity contribution in [3.8, 4) is 0 Å². The van der Waals surface area contributed by atoms with Gasteiger partial charge < -0.3 is 11.1 Å². The highest BCUT2D eigenvalue weighted by Crippen LogP contribution is 2.42. The summed E-state index contributed by atoms with van der Waals surface area (Å²) in [6.45, 7) is 3.04. The summed E-state index contributed by atoms with van der Waals surface area (Å²) in [5.41, 5.74) is 5.14. The van der Waals surface area contributed by atoms with Crippen LogP contribution in [0.3, 0.4) is 0 Å². The molecule has 0 radical (unpaired) electrons. The van der Waals surface area contributed by atoms with Gasteiger partial charge >= 0.3 is 0 Å². The van der Waals surface area contributed by atoms with Crippen molar-refractivity contribution in [1.82, 2.24) is 5.32 Å². The number of nitrogens with two attached hydrogens (primary N) is 1. The van der Waals surface area contributed by atoms with Crippen LogP contribution in [-0.4, -0.2) is 18.0 Å². The summed E-state index contributed by atoms with van der Waals surface area (Å²) in [6.07, 6.45) is 5.79. The number of primary amides is 1. The largest absolute Gasteiger partial charge is 0.368 e. The van der Waals surface area contributed by atoms with Crippen LogP contribution in [0.2, 0.25) is 0 Å². The van der Waals surface area contributed by atoms with Crippen LogP contribution in [0.1, 0.15) is 39.0 Å². The maximum atomic E-state index is 11.5. The summed E-state index contributed by atoms with van der Waals surface area (Å²) in [5.74, 6) is 1.16. The summed E-state index contributed by atoms with van der Waals surface area (Å²) in [5, 5.41) is 3.43. The van der Waals surface area contributed by atoms with Crippen LogP contribution in [-0.2, 0) is 4.79 Å². The molecule has 0 aromatic rings. The monoisotopic (exact) mass is 196 g/mol. The number of rotatable bonds is 6. The Labute approximate surface area is 85.4 Å². The van der Waals surface area contributed by atoms with Gasteiger partial charge in [-0.3, -0.25) is 4.79 Å². The van der Waals surface area contributed by atoms with Crippen molar-refractivity contribution in [2.75, 3.05) is 6.54 Å². The number of carbonyl (C=O) groups excluding carboxylic acids is 1. The average Bonchev–Trinajstić information content (AvgIpc) is 3.01. The van der Waals surface area contributed by atoms with E-state index in [4.69, 9.17) is 5.73 Å². The van der Waals surface area contributed by atoms with Gasteiger partial charge in [0.2, 0.25) is 5.91 Å². The molecule has 0 heterocycles. The molecule has 1 amide bonds. The molecule has 1 unspecified atom stereocenters. The van der Waals surface area contributed by atoms with E-state index in [1.54, 1.807) is 0 Å². The zero-order valence-electron chi connectivity index (χ0n) is 8.88. The van der Waals surface area contributed by atoms with E-state index in [9.17, 15) is 4.79 Å². The van der Waals surface area contributed by atoms with Crippen molar-refractivity contribution in [2.24, 2.45) is 17.6 Å². The zero-order chi connectivity index (χ0) is 10.2. The van der Waals surface area contributed by atoms with Gasteiger partial charge in [-0.1, -0.05) is 6.92 Å². The van der Waals surface area contributed by atoms with Gasteiger partial charge in [-0.05, 0) is 50.5 Å². The van der Waals surface area contributed by atoms with E-state index in [1.807, 2.05) is 0 Å². The summed E-state index contributed by atoms with van der Waals surface area (Å²) in [6, 6.07) is 0. The minimum Gasteiger partial charge on any atom is -0.368 e. The van der Waals surface area contributed by atoms with Gasteiger partial charge in [0.05, 0.1) is 0 Å². The normalized spacial score (nSPS) is 25.8. The molecule has 0 saturated heterocycles. The quantitative estimate of drug-likeness (QED) is 0.666. The lowest BCUT2D eigenvalue weighted by Crippen LogP contribution is -2.57. The Hall–Kier alpha value is -0.570. The predicted molar refractivity (Wildman–Crippen MR) is 55.7 cm³/mol. The highest BCUT2D eigenvalue weighted by molar-refractivity contribution is 5.85. The lowest BCUT2D eigenvalue weighted by Gasteiger charge is -2.31. The molecule has 3 N–H and O–H groups in total. The van der Waals surface area contributed by atoms with Gasteiger partial charge in [-0.2, -0.15) is 0 Å². The Kier molecular flexibility index (Phi) is 2.52. The summed E-state index contributed by atoms with van der Waals surface area (Å²) in [7, 11) is 0. The van der Waals surface area contributed by atoms with E-state index in [-0.39, 0.29) is 11.4 Å². The molecule has 14 heavy (non-hydrogen) atoms. The van der Waals surface area contributed by atoms with Crippen molar-refractivity contribution >= 4 is 5.91 Å². The number of hydrogen-bond acceptors (Lipinski definition) is 2. The fourth-order valence-electron chi connectivity index (χ4n) is 2.25. The van der Waals surface area contributed by atoms with E-state index in [1.165, 1.54) is 12.8 Å². The van der Waals surface area contributed by atoms with Crippen LogP contribution >= 0.6 is 0 Å². The molecule has 2 fully saturated rings. The number of carbonyl (C=O) groups is 1. The van der Waals surface area contributed by atoms with E-state index >= 15 is 0 Å². The molecule has 0 aromatic heterocycles. The van der Waals surface area contributed by atoms with Gasteiger partial charge in [0.15, 0.2) is 0 Å². The fourth-order valence-corrected chi connectivity index (χ4v) is 2.25. The van der Waals surface area contributed by atoms with Crippen LogP contribution < -0.4 is 11.1 Å². The summed E-state index contributed by atoms with van der Waals surface area (Å²) < 4.78 is 0. The van der Waals surface area contributed by atoms with Gasteiger partial charge in [0.25, 0.3) is 0 Å². The Balaban J connectivity index is 1.97. The average molecular weight is 196 g/mol. The molecule has 0 bridgehead atoms. The minimum absolute atomic E-state index is 0.150. The first-order chi connectivity index (χ1) is 6.69. The third kappa shape index (κ3) is 1.78. The molecular weight excluding hydrogens is 176 g/mol. The SMILES string of the molecule is CCC(NCC1CC1)(C(N)=O)C1CC1. The second kappa shape index (κ2) is 3.54. The lowest BCUT2D eigenvalue weighted by atomic mass is 9.89. The lowest BCUT2D eigenvalue weighted by molar-refractivity contribution is -0.125. The molecule has 2 saturated carbocycles. The van der Waals surface area contributed by atoms with Gasteiger partial charge in [-0.15, -0.1) is 0 Å². The molecule has 80 valence electrons. The third-order valence-corrected chi connectivity index (χ3v) is 3.67. The van der Waals surface area contributed by atoms with Crippen LogP contribution in [0.5, 0.6) is 0 Å². The molecule has 3 nitrogen and oxygen atoms in total. The third-order valence-electron chi connectivity index (χ3n) is 3.67. The Morgan fingerprint density at radius 2 is 2.07 bits per heavy atom. The molecule has 0 spiro atoms. The maximum Gasteiger partial charge on any atom is 0.238 e. The van der Waals surface area contributed by atoms with E-state index < -0.39 is 0 Å². The fraction of sp³-hybridized carbons (Fsp3) is 0.909. The Morgan fingerprint density at radius 1 is 1.43 bits per heavy atom. The van der Waals surface area contributed by atoms with Crippen LogP contribution in [0.4, 0.5) is 0 Å². The highest BCUT2D eigenvalue weighted by Gasteiger charge is 2.48. The van der Waals surface area contributed by atoms with E-state index in [2.05, 4.69) is 12.2 Å². The number of nitrogens with one attached hydrogen (secondary N) is 1. The molecule has 3 heteroatoms. The molecule has 1 atom stereocenters. The first-order valence-electron chi connectivity index (χ1n) is 5.74.